The van der Waals surface area contributed by atoms with Gasteiger partial charge in [-0.3, -0.25) is 9.36 Å². The first-order valence-corrected chi connectivity index (χ1v) is 10.8. The van der Waals surface area contributed by atoms with Gasteiger partial charge >= 0.3 is 5.97 Å². The maximum atomic E-state index is 13.1. The molecule has 2 heterocycles. The first-order chi connectivity index (χ1) is 16.0. The number of anilines is 1. The van der Waals surface area contributed by atoms with Gasteiger partial charge in [-0.2, -0.15) is 0 Å². The summed E-state index contributed by atoms with van der Waals surface area (Å²) < 4.78 is 23.1. The highest BCUT2D eigenvalue weighted by molar-refractivity contribution is 7.07. The molecule has 1 aliphatic heterocycles. The van der Waals surface area contributed by atoms with Crippen LogP contribution in [0.1, 0.15) is 15.9 Å². The second-order valence-electron chi connectivity index (χ2n) is 7.10. The zero-order valence-electron chi connectivity index (χ0n) is 18.7. The Kier molecular flexibility index (Phi) is 6.36. The van der Waals surface area contributed by atoms with Crippen LogP contribution in [0.25, 0.3) is 6.08 Å². The van der Waals surface area contributed by atoms with Crippen LogP contribution in [0.5, 0.6) is 17.2 Å². The number of ether oxygens (including phenoxy) is 4. The summed E-state index contributed by atoms with van der Waals surface area (Å²) in [5.41, 5.74) is 1.93. The number of fused-ring (bicyclic) bond motifs is 1. The van der Waals surface area contributed by atoms with E-state index in [0.29, 0.717) is 45.5 Å². The number of thiazole rings is 1. The number of hydrogen-bond donors (Lipinski definition) is 0. The quantitative estimate of drug-likeness (QED) is 0.507. The Morgan fingerprint density at radius 2 is 1.70 bits per heavy atom. The van der Waals surface area contributed by atoms with E-state index in [1.165, 1.54) is 18.4 Å². The maximum absolute atomic E-state index is 13.1. The van der Waals surface area contributed by atoms with Crippen molar-refractivity contribution < 1.29 is 23.7 Å². The van der Waals surface area contributed by atoms with Crippen LogP contribution in [-0.2, 0) is 11.4 Å². The molecule has 0 bridgehead atoms. The van der Waals surface area contributed by atoms with Crippen LogP contribution in [0.2, 0.25) is 0 Å². The summed E-state index contributed by atoms with van der Waals surface area (Å²) in [4.78, 5) is 31.9. The summed E-state index contributed by atoms with van der Waals surface area (Å²) in [6.07, 6.45) is 1.79. The number of methoxy groups -OCH3 is 4. The van der Waals surface area contributed by atoms with E-state index in [4.69, 9.17) is 18.9 Å². The lowest BCUT2D eigenvalue weighted by Crippen LogP contribution is -2.42. The van der Waals surface area contributed by atoms with Gasteiger partial charge in [-0.25, -0.2) is 9.79 Å². The number of benzene rings is 2. The summed E-state index contributed by atoms with van der Waals surface area (Å²) in [7, 11) is 5.98. The van der Waals surface area contributed by atoms with Gasteiger partial charge in [0.15, 0.2) is 16.3 Å². The highest BCUT2D eigenvalue weighted by Gasteiger charge is 2.17. The van der Waals surface area contributed by atoms with E-state index in [2.05, 4.69) is 4.99 Å². The Hall–Kier alpha value is -3.79. The predicted octanol–water partition coefficient (Wildman–Crippen LogP) is 1.61. The Labute approximate surface area is 193 Å². The molecule has 0 fully saturated rings. The molecular formula is C23H23N3O6S. The van der Waals surface area contributed by atoms with Crippen LogP contribution in [0.4, 0.5) is 5.69 Å². The van der Waals surface area contributed by atoms with E-state index in [9.17, 15) is 9.59 Å². The molecule has 4 rings (SSSR count). The monoisotopic (exact) mass is 469 g/mol. The number of aromatic nitrogens is 1. The molecule has 2 aromatic carbocycles. The molecule has 0 N–H and O–H groups in total. The van der Waals surface area contributed by atoms with Crippen LogP contribution >= 0.6 is 11.3 Å². The largest absolute Gasteiger partial charge is 0.493 e. The summed E-state index contributed by atoms with van der Waals surface area (Å²) >= 11 is 1.33. The molecule has 0 atom stereocenters. The minimum absolute atomic E-state index is 0.136. The van der Waals surface area contributed by atoms with Crippen LogP contribution in [-0.4, -0.2) is 45.6 Å². The molecule has 172 valence electrons. The van der Waals surface area contributed by atoms with Gasteiger partial charge < -0.3 is 23.8 Å². The third kappa shape index (κ3) is 4.29. The fourth-order valence-electron chi connectivity index (χ4n) is 3.54. The summed E-state index contributed by atoms with van der Waals surface area (Å²) in [6.45, 7) is 0.760. The zero-order chi connectivity index (χ0) is 23.5. The first kappa shape index (κ1) is 22.4. The van der Waals surface area contributed by atoms with Crippen molar-refractivity contribution >= 4 is 29.1 Å². The van der Waals surface area contributed by atoms with Crippen molar-refractivity contribution in [3.8, 4) is 17.2 Å². The highest BCUT2D eigenvalue weighted by atomic mass is 32.1. The third-order valence-electron chi connectivity index (χ3n) is 5.22. The van der Waals surface area contributed by atoms with Gasteiger partial charge in [0.2, 0.25) is 5.75 Å². The van der Waals surface area contributed by atoms with E-state index in [1.807, 2.05) is 17.0 Å². The van der Waals surface area contributed by atoms with Crippen LogP contribution in [0.15, 0.2) is 46.2 Å². The molecule has 0 radical (unpaired) electrons. The van der Waals surface area contributed by atoms with Gasteiger partial charge in [0, 0.05) is 5.69 Å². The van der Waals surface area contributed by atoms with Crippen molar-refractivity contribution in [1.29, 1.82) is 0 Å². The van der Waals surface area contributed by atoms with Gasteiger partial charge in [0.25, 0.3) is 5.56 Å². The van der Waals surface area contributed by atoms with Crippen LogP contribution in [0.3, 0.4) is 0 Å². The van der Waals surface area contributed by atoms with Crippen LogP contribution in [0, 0.1) is 0 Å². The molecule has 0 saturated carbocycles. The summed E-state index contributed by atoms with van der Waals surface area (Å²) in [5, 5.41) is 0. The molecular weight excluding hydrogens is 446 g/mol. The van der Waals surface area contributed by atoms with E-state index in [-0.39, 0.29) is 5.56 Å². The first-order valence-electron chi connectivity index (χ1n) is 9.98. The molecule has 0 unspecified atom stereocenters. The van der Waals surface area contributed by atoms with Crippen molar-refractivity contribution in [2.24, 2.45) is 4.99 Å². The smallest absolute Gasteiger partial charge is 0.337 e. The van der Waals surface area contributed by atoms with E-state index in [0.717, 1.165) is 11.3 Å². The topological polar surface area (TPSA) is 91.6 Å². The second kappa shape index (κ2) is 9.37. The standard InChI is InChI=1S/C23H23N3O6S/c1-29-17-9-14(10-18(30-2)20(17)31-3)11-19-21(27)26-13-25(12-24-23(26)33-19)16-7-5-15(6-8-16)22(28)32-4/h5-11H,12-13H2,1-4H3. The average molecular weight is 470 g/mol. The number of hydrogen-bond acceptors (Lipinski definition) is 9. The number of rotatable bonds is 6. The average Bonchev–Trinajstić information content (AvgIpc) is 3.17. The molecule has 9 nitrogen and oxygen atoms in total. The molecule has 0 saturated heterocycles. The zero-order valence-corrected chi connectivity index (χ0v) is 19.5. The Morgan fingerprint density at radius 1 is 1.03 bits per heavy atom. The number of carbonyl (C=O) groups is 1. The molecule has 1 aliphatic rings. The minimum Gasteiger partial charge on any atom is -0.493 e. The van der Waals surface area contributed by atoms with Crippen molar-refractivity contribution in [2.45, 2.75) is 6.67 Å². The van der Waals surface area contributed by atoms with Gasteiger partial charge in [-0.05, 0) is 48.0 Å². The summed E-state index contributed by atoms with van der Waals surface area (Å²) in [6, 6.07) is 10.6. The Morgan fingerprint density at radius 3 is 2.27 bits per heavy atom. The highest BCUT2D eigenvalue weighted by Crippen LogP contribution is 2.38. The van der Waals surface area contributed by atoms with Crippen molar-refractivity contribution in [1.82, 2.24) is 4.57 Å². The fraction of sp³-hybridized carbons (Fsp3) is 0.261. The molecule has 1 aromatic heterocycles. The molecule has 0 aliphatic carbocycles. The van der Waals surface area contributed by atoms with Crippen molar-refractivity contribution in [2.75, 3.05) is 40.0 Å². The SMILES string of the molecule is COC(=O)c1ccc(N2CN=c3sc(=Cc4cc(OC)c(OC)c(OC)c4)c(=O)n3C2)cc1. The second-order valence-corrected chi connectivity index (χ2v) is 8.11. The van der Waals surface area contributed by atoms with E-state index < -0.39 is 5.97 Å². The maximum Gasteiger partial charge on any atom is 0.337 e. The molecule has 0 amide bonds. The van der Waals surface area contributed by atoms with Gasteiger partial charge in [-0.15, -0.1) is 0 Å². The van der Waals surface area contributed by atoms with E-state index in [1.54, 1.807) is 56.2 Å². The molecule has 10 heteroatoms. The number of nitrogens with zero attached hydrogens (tertiary/aromatic N) is 3. The number of esters is 1. The minimum atomic E-state index is -0.395. The van der Waals surface area contributed by atoms with Gasteiger partial charge in [-0.1, -0.05) is 11.3 Å². The van der Waals surface area contributed by atoms with Gasteiger partial charge in [0.1, 0.15) is 13.3 Å². The van der Waals surface area contributed by atoms with Crippen LogP contribution < -0.4 is 34.0 Å². The predicted molar refractivity (Wildman–Crippen MR) is 124 cm³/mol. The normalized spacial score (nSPS) is 13.2. The molecule has 3 aromatic rings. The van der Waals surface area contributed by atoms with Crippen molar-refractivity contribution in [3.05, 3.63) is 67.2 Å². The fourth-order valence-corrected chi connectivity index (χ4v) is 4.50. The van der Waals surface area contributed by atoms with E-state index >= 15 is 0 Å². The Bertz CT molecular complexity index is 1340. The lowest BCUT2D eigenvalue weighted by Gasteiger charge is -2.25. The van der Waals surface area contributed by atoms with Gasteiger partial charge in [0.05, 0.1) is 38.5 Å². The van der Waals surface area contributed by atoms with Crippen molar-refractivity contribution in [3.63, 3.8) is 0 Å². The third-order valence-corrected chi connectivity index (χ3v) is 6.26. The molecule has 0 spiro atoms. The lowest BCUT2D eigenvalue weighted by atomic mass is 10.1. The summed E-state index contributed by atoms with van der Waals surface area (Å²) in [5.74, 6) is 1.11. The Balaban J connectivity index is 1.67. The molecule has 33 heavy (non-hydrogen) atoms. The lowest BCUT2D eigenvalue weighted by molar-refractivity contribution is 0.0600. The number of carbonyl (C=O) groups excluding carboxylic acids is 1.